The minimum absolute atomic E-state index is 0.286. The van der Waals surface area contributed by atoms with E-state index in [2.05, 4.69) is 71.6 Å². The van der Waals surface area contributed by atoms with Crippen LogP contribution in [0.1, 0.15) is 40.7 Å². The van der Waals surface area contributed by atoms with E-state index in [1.165, 1.54) is 11.1 Å². The van der Waals surface area contributed by atoms with Crippen molar-refractivity contribution in [1.82, 2.24) is 14.3 Å². The Kier molecular flexibility index (Phi) is 6.68. The first-order valence-corrected chi connectivity index (χ1v) is 13.6. The van der Waals surface area contributed by atoms with Crippen molar-refractivity contribution >= 4 is 22.5 Å². The van der Waals surface area contributed by atoms with Gasteiger partial charge in [-0.1, -0.05) is 54.6 Å². The van der Waals surface area contributed by atoms with Crippen molar-refractivity contribution in [3.63, 3.8) is 0 Å². The first-order chi connectivity index (χ1) is 19.0. The van der Waals surface area contributed by atoms with Gasteiger partial charge in [-0.05, 0) is 74.8 Å². The van der Waals surface area contributed by atoms with Crippen molar-refractivity contribution in [1.29, 1.82) is 5.26 Å². The van der Waals surface area contributed by atoms with E-state index in [9.17, 15) is 5.26 Å². The summed E-state index contributed by atoms with van der Waals surface area (Å²) in [6.45, 7) is 3.59. The van der Waals surface area contributed by atoms with Gasteiger partial charge in [0, 0.05) is 18.5 Å². The van der Waals surface area contributed by atoms with Gasteiger partial charge in [0.15, 0.2) is 5.65 Å². The van der Waals surface area contributed by atoms with Crippen LogP contribution in [0.15, 0.2) is 78.9 Å². The highest BCUT2D eigenvalue weighted by Crippen LogP contribution is 2.38. The highest BCUT2D eigenvalue weighted by atomic mass is 16.5. The Labute approximate surface area is 229 Å². The molecule has 0 saturated carbocycles. The zero-order valence-corrected chi connectivity index (χ0v) is 22.8. The maximum Gasteiger partial charge on any atom is 0.157 e. The van der Waals surface area contributed by atoms with Crippen LogP contribution in [0.3, 0.4) is 0 Å². The normalized spacial score (nSPS) is 15.4. The van der Waals surface area contributed by atoms with Crippen LogP contribution >= 0.6 is 0 Å². The molecule has 1 unspecified atom stereocenters. The molecular formula is C33H33N5O. The lowest BCUT2D eigenvalue weighted by Crippen LogP contribution is -2.42. The molecule has 0 amide bonds. The Morgan fingerprint density at radius 1 is 0.974 bits per heavy atom. The molecule has 5 aromatic rings. The number of hydrogen-bond donors (Lipinski definition) is 0. The Morgan fingerprint density at radius 2 is 1.72 bits per heavy atom. The van der Waals surface area contributed by atoms with Crippen LogP contribution in [0.4, 0.5) is 5.82 Å². The first-order valence-electron chi connectivity index (χ1n) is 13.6. The lowest BCUT2D eigenvalue weighted by atomic mass is 9.97. The molecule has 6 nitrogen and oxygen atoms in total. The number of anilines is 1. The number of nitrogens with zero attached hydrogens (tertiary/aromatic N) is 5. The summed E-state index contributed by atoms with van der Waals surface area (Å²) in [7, 11) is 4.30. The number of benzene rings is 3. The fourth-order valence-electron chi connectivity index (χ4n) is 5.86. The van der Waals surface area contributed by atoms with Crippen LogP contribution in [0.2, 0.25) is 0 Å². The molecule has 1 aliphatic heterocycles. The fraction of sp³-hybridized carbons (Fsp3) is 0.273. The number of imidazole rings is 1. The summed E-state index contributed by atoms with van der Waals surface area (Å²) in [4.78, 5) is 9.75. The van der Waals surface area contributed by atoms with Gasteiger partial charge in [0.25, 0.3) is 0 Å². The summed E-state index contributed by atoms with van der Waals surface area (Å²) in [5.41, 5.74) is 7.84. The molecule has 1 saturated heterocycles. The molecule has 3 aromatic carbocycles. The van der Waals surface area contributed by atoms with Crippen molar-refractivity contribution in [2.75, 3.05) is 25.5 Å². The van der Waals surface area contributed by atoms with E-state index in [4.69, 9.17) is 9.72 Å². The number of hydrogen-bond acceptors (Lipinski definition) is 5. The maximum atomic E-state index is 10.3. The van der Waals surface area contributed by atoms with Gasteiger partial charge in [0.05, 0.1) is 22.8 Å². The Hall–Kier alpha value is -4.34. The van der Waals surface area contributed by atoms with Crippen LogP contribution in [-0.2, 0) is 13.0 Å². The number of ether oxygens (including phenoxy) is 1. The third-order valence-electron chi connectivity index (χ3n) is 7.85. The Morgan fingerprint density at radius 3 is 2.46 bits per heavy atom. The molecule has 0 bridgehead atoms. The second-order valence-electron chi connectivity index (χ2n) is 10.5. The number of pyridine rings is 1. The van der Waals surface area contributed by atoms with E-state index < -0.39 is 0 Å². The van der Waals surface area contributed by atoms with Crippen LogP contribution in [0.5, 0.6) is 5.75 Å². The molecule has 1 fully saturated rings. The van der Waals surface area contributed by atoms with Gasteiger partial charge in [0.1, 0.15) is 24.2 Å². The van der Waals surface area contributed by atoms with Crippen molar-refractivity contribution < 1.29 is 4.74 Å². The highest BCUT2D eigenvalue weighted by molar-refractivity contribution is 5.86. The molecule has 2 aromatic heterocycles. The lowest BCUT2D eigenvalue weighted by Gasteiger charge is -2.34. The first kappa shape index (κ1) is 25.0. The van der Waals surface area contributed by atoms with Crippen LogP contribution in [0, 0.1) is 18.3 Å². The topological polar surface area (TPSA) is 56.8 Å². The second kappa shape index (κ2) is 10.4. The summed E-state index contributed by atoms with van der Waals surface area (Å²) in [6, 6.07) is 29.3. The van der Waals surface area contributed by atoms with Crippen LogP contribution in [-0.4, -0.2) is 41.1 Å². The van der Waals surface area contributed by atoms with E-state index in [-0.39, 0.29) is 6.17 Å². The average molecular weight is 516 g/mol. The molecule has 1 atom stereocenters. The largest absolute Gasteiger partial charge is 0.489 e. The van der Waals surface area contributed by atoms with E-state index in [0.717, 1.165) is 58.8 Å². The predicted octanol–water partition coefficient (Wildman–Crippen LogP) is 6.33. The summed E-state index contributed by atoms with van der Waals surface area (Å²) in [5.74, 6) is 2.00. The van der Waals surface area contributed by atoms with Gasteiger partial charge in [-0.15, -0.1) is 0 Å². The molecule has 0 aliphatic carbocycles. The van der Waals surface area contributed by atoms with Crippen LogP contribution < -0.4 is 9.64 Å². The molecule has 3 heterocycles. The third-order valence-corrected chi connectivity index (χ3v) is 7.85. The monoisotopic (exact) mass is 515 g/mol. The highest BCUT2D eigenvalue weighted by Gasteiger charge is 2.32. The van der Waals surface area contributed by atoms with Gasteiger partial charge in [0.2, 0.25) is 0 Å². The molecule has 1 aliphatic rings. The standard InChI is InChI=1S/C33H33N5O/c1-23-27(20-24-15-17-26(18-16-24)39-22-25-10-5-4-6-11-25)33(37-19-9-14-31(37)36(2)3)38-30-13-8-7-12-29(30)35-32(38)28(23)21-34/h4-8,10-13,15-18,31H,9,14,19-20,22H2,1-3H3. The maximum absolute atomic E-state index is 10.3. The van der Waals surface area contributed by atoms with E-state index in [1.807, 2.05) is 48.5 Å². The SMILES string of the molecule is Cc1c(Cc2ccc(OCc3ccccc3)cc2)c(N2CCCC2N(C)C)n2c(nc3ccccc32)c1C#N. The number of nitriles is 1. The summed E-state index contributed by atoms with van der Waals surface area (Å²) in [6.07, 6.45) is 3.23. The number of aromatic nitrogens is 2. The predicted molar refractivity (Wildman–Crippen MR) is 156 cm³/mol. The quantitative estimate of drug-likeness (QED) is 0.254. The summed E-state index contributed by atoms with van der Waals surface area (Å²) >= 11 is 0. The smallest absolute Gasteiger partial charge is 0.157 e. The second-order valence-corrected chi connectivity index (χ2v) is 10.5. The van der Waals surface area contributed by atoms with Crippen molar-refractivity contribution in [2.45, 2.75) is 39.0 Å². The number of rotatable bonds is 7. The van der Waals surface area contributed by atoms with Gasteiger partial charge in [-0.3, -0.25) is 9.30 Å². The van der Waals surface area contributed by atoms with Crippen molar-refractivity contribution in [3.05, 3.63) is 107 Å². The van der Waals surface area contributed by atoms with Crippen molar-refractivity contribution in [2.24, 2.45) is 0 Å². The Bertz CT molecular complexity index is 1660. The molecular weight excluding hydrogens is 482 g/mol. The van der Waals surface area contributed by atoms with E-state index in [0.29, 0.717) is 18.6 Å². The summed E-state index contributed by atoms with van der Waals surface area (Å²) < 4.78 is 8.26. The third kappa shape index (κ3) is 4.60. The molecule has 39 heavy (non-hydrogen) atoms. The zero-order chi connectivity index (χ0) is 26.9. The van der Waals surface area contributed by atoms with Crippen LogP contribution in [0.25, 0.3) is 16.7 Å². The fourth-order valence-corrected chi connectivity index (χ4v) is 5.86. The van der Waals surface area contributed by atoms with E-state index in [1.54, 1.807) is 0 Å². The van der Waals surface area contributed by atoms with E-state index >= 15 is 0 Å². The molecule has 6 heteroatoms. The number of para-hydroxylation sites is 2. The molecule has 6 rings (SSSR count). The molecule has 0 N–H and O–H groups in total. The van der Waals surface area contributed by atoms with Crippen molar-refractivity contribution in [3.8, 4) is 11.8 Å². The van der Waals surface area contributed by atoms with Gasteiger partial charge in [-0.25, -0.2) is 4.98 Å². The minimum atomic E-state index is 0.286. The molecule has 196 valence electrons. The van der Waals surface area contributed by atoms with Gasteiger partial charge >= 0.3 is 0 Å². The lowest BCUT2D eigenvalue weighted by molar-refractivity contribution is 0.300. The molecule has 0 radical (unpaired) electrons. The van der Waals surface area contributed by atoms with Gasteiger partial charge < -0.3 is 9.64 Å². The van der Waals surface area contributed by atoms with Gasteiger partial charge in [-0.2, -0.15) is 5.26 Å². The average Bonchev–Trinajstić information content (AvgIpc) is 3.59. The summed E-state index contributed by atoms with van der Waals surface area (Å²) in [5, 5.41) is 10.3. The molecule has 0 spiro atoms. The Balaban J connectivity index is 1.44. The number of fused-ring (bicyclic) bond motifs is 3. The zero-order valence-electron chi connectivity index (χ0n) is 22.8. The minimum Gasteiger partial charge on any atom is -0.489 e.